The minimum atomic E-state index is -4.56. The van der Waals surface area contributed by atoms with E-state index in [2.05, 4.69) is 83.5 Å². The van der Waals surface area contributed by atoms with Crippen LogP contribution in [-0.2, 0) is 18.1 Å². The molecule has 4 rings (SSSR count). The van der Waals surface area contributed by atoms with E-state index in [1.165, 1.54) is 24.3 Å². The summed E-state index contributed by atoms with van der Waals surface area (Å²) in [6, 6.07) is 9.25. The fraction of sp³-hybridized carbons (Fsp3) is 0.594. The summed E-state index contributed by atoms with van der Waals surface area (Å²) >= 11 is 0. The highest BCUT2D eigenvalue weighted by Gasteiger charge is 2.84. The van der Waals surface area contributed by atoms with Gasteiger partial charge in [0.1, 0.15) is 0 Å². The van der Waals surface area contributed by atoms with Crippen molar-refractivity contribution in [2.45, 2.75) is 118 Å². The van der Waals surface area contributed by atoms with Crippen LogP contribution in [0.3, 0.4) is 0 Å². The minimum absolute atomic E-state index is 0.179. The van der Waals surface area contributed by atoms with Gasteiger partial charge in [-0.1, -0.05) is 116 Å². The number of halogens is 6. The van der Waals surface area contributed by atoms with Crippen LogP contribution in [0.5, 0.6) is 0 Å². The van der Waals surface area contributed by atoms with E-state index in [-0.39, 0.29) is 19.8 Å². The molecule has 2 aliphatic heterocycles. The van der Waals surface area contributed by atoms with Gasteiger partial charge in [0.15, 0.2) is 5.72 Å². The fourth-order valence-electron chi connectivity index (χ4n) is 10.2. The van der Waals surface area contributed by atoms with Crippen LogP contribution in [0.4, 0.5) is 26.3 Å². The molecule has 3 nitrogen and oxygen atoms in total. The van der Waals surface area contributed by atoms with Crippen molar-refractivity contribution in [1.82, 2.24) is 4.98 Å². The Morgan fingerprint density at radius 1 is 0.609 bits per heavy atom. The summed E-state index contributed by atoms with van der Waals surface area (Å²) in [5.74, 6) is 0. The molecular formula is C32H50F6N2OSi5. The summed E-state index contributed by atoms with van der Waals surface area (Å²) in [5.41, 5.74) is -2.84. The molecule has 46 heavy (non-hydrogen) atoms. The molecule has 0 amide bonds. The lowest BCUT2D eigenvalue weighted by molar-refractivity contribution is -0.138. The monoisotopic (exact) mass is 732 g/mol. The van der Waals surface area contributed by atoms with Gasteiger partial charge in [-0.15, -0.1) is 0 Å². The molecule has 0 radical (unpaired) electrons. The average Bonchev–Trinajstić information content (AvgIpc) is 3.36. The molecule has 2 aromatic rings. The second-order valence-electron chi connectivity index (χ2n) is 17.5. The maximum Gasteiger partial charge on any atom is 0.416 e. The SMILES string of the molecule is C[Si](C)(C)C1([Si](C)(C)C)CCC([Si](C)(C)C)([Si](C)(C)C)[Si]12N=C(c1ccc(C(F)(F)F)cc1)[C@](O)(c1ccc(C(F)(F)F)cc1)N2. The summed E-state index contributed by atoms with van der Waals surface area (Å²) in [6.45, 7) is 28.8. The molecule has 2 N–H and O–H groups in total. The van der Waals surface area contributed by atoms with E-state index >= 15 is 0 Å². The Labute approximate surface area is 275 Å². The molecule has 2 aliphatic rings. The Morgan fingerprint density at radius 2 is 0.935 bits per heavy atom. The standard InChI is InChI=1S/C32H50F6N2OSi5/c1-42(2,3)28(43(4,5)6)21-22-29(44(7,8)9,45(10,11)12)46(28)39-27(23-13-15-25(16-14-23)31(33,34)35)30(41,40-46)24-17-19-26(20-18-24)32(36,37)38/h13-20,40-41H,21-22H2,1-12H3/t30-/m1/s1. The van der Waals surface area contributed by atoms with E-state index < -0.39 is 69.9 Å². The third-order valence-corrected chi connectivity index (χ3v) is 49.2. The number of benzene rings is 2. The number of rotatable bonds is 6. The third-order valence-electron chi connectivity index (χ3n) is 11.3. The molecule has 0 saturated carbocycles. The lowest BCUT2D eigenvalue weighted by atomic mass is 9.92. The zero-order valence-corrected chi connectivity index (χ0v) is 34.2. The highest BCUT2D eigenvalue weighted by atomic mass is 28.5. The fourth-order valence-corrected chi connectivity index (χ4v) is 58.6. The lowest BCUT2D eigenvalue weighted by Gasteiger charge is -2.64. The van der Waals surface area contributed by atoms with Gasteiger partial charge in [0.05, 0.1) is 16.8 Å². The molecule has 0 bridgehead atoms. The molecule has 1 saturated heterocycles. The summed E-state index contributed by atoms with van der Waals surface area (Å²) in [7, 11) is -12.0. The number of alkyl halides is 6. The number of nitrogens with zero attached hydrogens (tertiary/aromatic N) is 1. The number of hydrogen-bond donors (Lipinski definition) is 2. The Bertz CT molecular complexity index is 1430. The highest BCUT2D eigenvalue weighted by Crippen LogP contribution is 2.76. The van der Waals surface area contributed by atoms with Crippen molar-refractivity contribution < 1.29 is 31.4 Å². The Hall–Kier alpha value is -1.31. The molecule has 14 heteroatoms. The average molecular weight is 733 g/mol. The van der Waals surface area contributed by atoms with Crippen LogP contribution in [-0.4, -0.2) is 51.5 Å². The van der Waals surface area contributed by atoms with Gasteiger partial charge in [0.25, 0.3) is 8.40 Å². The van der Waals surface area contributed by atoms with E-state index in [0.717, 1.165) is 37.1 Å². The first-order valence-electron chi connectivity index (χ1n) is 15.9. The van der Waals surface area contributed by atoms with E-state index in [9.17, 15) is 31.4 Å². The lowest BCUT2D eigenvalue weighted by Crippen LogP contribution is -2.81. The zero-order chi connectivity index (χ0) is 35.4. The van der Waals surface area contributed by atoms with Gasteiger partial charge in [0, 0.05) is 37.9 Å². The van der Waals surface area contributed by atoms with Crippen LogP contribution >= 0.6 is 0 Å². The van der Waals surface area contributed by atoms with Crippen LogP contribution in [0.2, 0.25) is 87.1 Å². The summed E-state index contributed by atoms with van der Waals surface area (Å²) in [6.07, 6.45) is -7.17. The first-order chi connectivity index (χ1) is 20.4. The maximum atomic E-state index is 13.7. The first-order valence-corrected chi connectivity index (χ1v) is 31.9. The molecule has 2 aromatic carbocycles. The highest BCUT2D eigenvalue weighted by molar-refractivity contribution is 7.26. The van der Waals surface area contributed by atoms with Crippen molar-refractivity contribution in [1.29, 1.82) is 0 Å². The van der Waals surface area contributed by atoms with Gasteiger partial charge in [-0.25, -0.2) is 0 Å². The Morgan fingerprint density at radius 3 is 1.24 bits per heavy atom. The molecule has 0 unspecified atom stereocenters. The zero-order valence-electron chi connectivity index (χ0n) is 29.2. The Kier molecular flexibility index (Phi) is 8.84. The predicted molar refractivity (Wildman–Crippen MR) is 190 cm³/mol. The van der Waals surface area contributed by atoms with E-state index in [1.807, 2.05) is 0 Å². The van der Waals surface area contributed by atoms with Gasteiger partial charge in [-0.05, 0) is 38.4 Å². The van der Waals surface area contributed by atoms with E-state index in [1.54, 1.807) is 0 Å². The number of aliphatic hydroxyl groups is 1. The Balaban J connectivity index is 2.21. The van der Waals surface area contributed by atoms with Crippen molar-refractivity contribution >= 4 is 46.4 Å². The largest absolute Gasteiger partial charge is 0.416 e. The minimum Gasteiger partial charge on any atom is -0.367 e. The third kappa shape index (κ3) is 5.27. The molecule has 0 aromatic heterocycles. The molecular weight excluding hydrogens is 683 g/mol. The molecule has 2 heterocycles. The van der Waals surface area contributed by atoms with E-state index in [4.69, 9.17) is 4.66 Å². The maximum absolute atomic E-state index is 13.7. The summed E-state index contributed by atoms with van der Waals surface area (Å²) in [5, 5.41) is 13.1. The second-order valence-corrected chi connectivity index (χ2v) is 45.5. The molecule has 1 atom stereocenters. The van der Waals surface area contributed by atoms with Gasteiger partial charge in [-0.3, -0.25) is 4.98 Å². The van der Waals surface area contributed by atoms with Gasteiger partial charge >= 0.3 is 12.4 Å². The molecule has 1 spiro atoms. The smallest absolute Gasteiger partial charge is 0.367 e. The van der Waals surface area contributed by atoms with Gasteiger partial charge in [-0.2, -0.15) is 26.3 Å². The van der Waals surface area contributed by atoms with Crippen molar-refractivity contribution in [3.63, 3.8) is 0 Å². The predicted octanol–water partition coefficient (Wildman–Crippen LogP) is 10.2. The normalized spacial score (nSPS) is 23.6. The second kappa shape index (κ2) is 10.8. The van der Waals surface area contributed by atoms with Gasteiger partial charge < -0.3 is 9.76 Å². The topological polar surface area (TPSA) is 44.6 Å². The number of hydrogen-bond acceptors (Lipinski definition) is 3. The first kappa shape index (κ1) is 37.5. The van der Waals surface area contributed by atoms with Crippen LogP contribution in [0, 0.1) is 0 Å². The van der Waals surface area contributed by atoms with Gasteiger partial charge in [0.2, 0.25) is 0 Å². The quantitative estimate of drug-likeness (QED) is 0.230. The number of nitrogens with one attached hydrogen (secondary N) is 1. The van der Waals surface area contributed by atoms with Crippen molar-refractivity contribution in [2.24, 2.45) is 4.66 Å². The van der Waals surface area contributed by atoms with Crippen LogP contribution in [0.25, 0.3) is 0 Å². The van der Waals surface area contributed by atoms with Crippen LogP contribution in [0.1, 0.15) is 35.1 Å². The van der Waals surface area contributed by atoms with Crippen LogP contribution < -0.4 is 4.98 Å². The van der Waals surface area contributed by atoms with Crippen molar-refractivity contribution in [3.05, 3.63) is 70.8 Å². The summed E-state index contributed by atoms with van der Waals surface area (Å²) in [4.78, 5) is 3.94. The van der Waals surface area contributed by atoms with Crippen molar-refractivity contribution in [2.75, 3.05) is 0 Å². The molecule has 0 aliphatic carbocycles. The van der Waals surface area contributed by atoms with Crippen molar-refractivity contribution in [3.8, 4) is 0 Å². The molecule has 1 fully saturated rings. The van der Waals surface area contributed by atoms with E-state index in [0.29, 0.717) is 5.56 Å². The van der Waals surface area contributed by atoms with Crippen LogP contribution in [0.15, 0.2) is 53.2 Å². The summed E-state index contributed by atoms with van der Waals surface area (Å²) < 4.78 is 87.5. The molecule has 256 valence electrons.